The van der Waals surface area contributed by atoms with E-state index in [1.165, 1.54) is 17.6 Å². The van der Waals surface area contributed by atoms with E-state index in [0.717, 1.165) is 16.9 Å². The number of amides is 1. The zero-order valence-corrected chi connectivity index (χ0v) is 10.4. The molecule has 0 saturated heterocycles. The monoisotopic (exact) mass is 264 g/mol. The van der Waals surface area contributed by atoms with Crippen LogP contribution >= 0.6 is 23.1 Å². The molecule has 1 heterocycles. The number of aromatic nitrogens is 1. The van der Waals surface area contributed by atoms with Gasteiger partial charge in [0.1, 0.15) is 4.34 Å². The minimum absolute atomic E-state index is 0.227. The Hall–Kier alpha value is -1.65. The lowest BCUT2D eigenvalue weighted by molar-refractivity contribution is -0.111. The van der Waals surface area contributed by atoms with Crippen molar-refractivity contribution >= 4 is 34.7 Å². The van der Waals surface area contributed by atoms with Crippen LogP contribution in [-0.2, 0) is 4.79 Å². The number of nitrogens with zero attached hydrogens (tertiary/aromatic N) is 1. The number of carbonyl (C=O) groups excluding carboxylic acids is 1. The van der Waals surface area contributed by atoms with Gasteiger partial charge in [-0.3, -0.25) is 4.79 Å². The van der Waals surface area contributed by atoms with Crippen LogP contribution in [0.2, 0.25) is 4.34 Å². The molecule has 2 aromatic rings. The minimum Gasteiger partial charge on any atom is -0.323 e. The second kappa shape index (κ2) is 5.12. The van der Waals surface area contributed by atoms with Crippen LogP contribution in [0.3, 0.4) is 0 Å². The fraction of sp³-hybridized carbons (Fsp3) is 0. The van der Waals surface area contributed by atoms with Crippen LogP contribution < -0.4 is 5.32 Å². The van der Waals surface area contributed by atoms with E-state index in [1.807, 2.05) is 30.3 Å². The number of carbonyl (C=O) groups is 1. The highest BCUT2D eigenvalue weighted by Gasteiger charge is 2.03. The Morgan fingerprint density at radius 3 is 2.65 bits per heavy atom. The van der Waals surface area contributed by atoms with Crippen molar-refractivity contribution in [3.05, 3.63) is 47.3 Å². The lowest BCUT2D eigenvalue weighted by atomic mass is 10.1. The van der Waals surface area contributed by atoms with Gasteiger partial charge in [-0.1, -0.05) is 30.3 Å². The number of hydrogen-bond acceptors (Lipinski definition) is 3. The van der Waals surface area contributed by atoms with Crippen LogP contribution in [0.5, 0.6) is 0 Å². The smallest absolute Gasteiger partial charge is 0.247 e. The summed E-state index contributed by atoms with van der Waals surface area (Å²) in [7, 11) is 0. The summed E-state index contributed by atoms with van der Waals surface area (Å²) in [4.78, 5) is 11.1. The van der Waals surface area contributed by atoms with Gasteiger partial charge in [0.05, 0.1) is 5.69 Å². The second-order valence-corrected chi connectivity index (χ2v) is 4.72. The zero-order chi connectivity index (χ0) is 12.3. The van der Waals surface area contributed by atoms with Gasteiger partial charge < -0.3 is 5.32 Å². The van der Waals surface area contributed by atoms with Gasteiger partial charge in [-0.2, -0.15) is 4.37 Å². The lowest BCUT2D eigenvalue weighted by Gasteiger charge is -2.02. The third-order valence-electron chi connectivity index (χ3n) is 2.11. The maximum atomic E-state index is 11.1. The predicted molar refractivity (Wildman–Crippen MR) is 71.4 cm³/mol. The van der Waals surface area contributed by atoms with Crippen molar-refractivity contribution in [2.75, 3.05) is 5.32 Å². The van der Waals surface area contributed by atoms with Gasteiger partial charge in [-0.25, -0.2) is 0 Å². The van der Waals surface area contributed by atoms with E-state index in [-0.39, 0.29) is 5.91 Å². The fourth-order valence-electron chi connectivity index (χ4n) is 1.31. The van der Waals surface area contributed by atoms with Crippen molar-refractivity contribution in [3.63, 3.8) is 0 Å². The highest BCUT2D eigenvalue weighted by Crippen LogP contribution is 2.25. The average molecular weight is 265 g/mol. The highest BCUT2D eigenvalue weighted by molar-refractivity contribution is 7.10. The standard InChI is InChI=1S/C12H9ClN2OS/c1-2-12(16)14-9-5-3-8(4-6-9)10-7-11(13)17-15-10/h2-7H,1H2,(H,14,16). The molecule has 0 aliphatic carbocycles. The van der Waals surface area contributed by atoms with Gasteiger partial charge in [-0.15, -0.1) is 0 Å². The topological polar surface area (TPSA) is 42.0 Å². The van der Waals surface area contributed by atoms with Crippen molar-refractivity contribution in [2.24, 2.45) is 0 Å². The summed E-state index contributed by atoms with van der Waals surface area (Å²) in [6, 6.07) is 9.19. The molecule has 86 valence electrons. The predicted octanol–water partition coefficient (Wildman–Crippen LogP) is 3.59. The molecule has 2 rings (SSSR count). The van der Waals surface area contributed by atoms with E-state index in [4.69, 9.17) is 11.6 Å². The average Bonchev–Trinajstić information content (AvgIpc) is 2.77. The quantitative estimate of drug-likeness (QED) is 0.861. The van der Waals surface area contributed by atoms with Gasteiger partial charge in [0.25, 0.3) is 0 Å². The fourth-order valence-corrected chi connectivity index (χ4v) is 2.02. The van der Waals surface area contributed by atoms with Crippen molar-refractivity contribution in [3.8, 4) is 11.3 Å². The third-order valence-corrected chi connectivity index (χ3v) is 3.01. The van der Waals surface area contributed by atoms with Crippen LogP contribution in [0.4, 0.5) is 5.69 Å². The summed E-state index contributed by atoms with van der Waals surface area (Å²) in [6.45, 7) is 3.39. The first kappa shape index (κ1) is 11.8. The van der Waals surface area contributed by atoms with Gasteiger partial charge in [0, 0.05) is 11.3 Å². The van der Waals surface area contributed by atoms with Gasteiger partial charge >= 0.3 is 0 Å². The SMILES string of the molecule is C=CC(=O)Nc1ccc(-c2cc(Cl)sn2)cc1. The van der Waals surface area contributed by atoms with Crippen molar-refractivity contribution in [1.82, 2.24) is 4.37 Å². The largest absolute Gasteiger partial charge is 0.323 e. The molecule has 0 bridgehead atoms. The first-order valence-corrected chi connectivity index (χ1v) is 6.00. The number of anilines is 1. The van der Waals surface area contributed by atoms with Crippen LogP contribution in [-0.4, -0.2) is 10.3 Å². The number of rotatable bonds is 3. The van der Waals surface area contributed by atoms with Gasteiger partial charge in [0.15, 0.2) is 0 Å². The molecule has 0 atom stereocenters. The number of halogens is 1. The first-order chi connectivity index (χ1) is 8.19. The molecule has 0 spiro atoms. The van der Waals surface area contributed by atoms with E-state index in [9.17, 15) is 4.79 Å². The lowest BCUT2D eigenvalue weighted by Crippen LogP contribution is -2.06. The van der Waals surface area contributed by atoms with E-state index < -0.39 is 0 Å². The molecule has 0 radical (unpaired) electrons. The van der Waals surface area contributed by atoms with Crippen LogP contribution in [0, 0.1) is 0 Å². The Bertz CT molecular complexity index is 548. The number of hydrogen-bond donors (Lipinski definition) is 1. The zero-order valence-electron chi connectivity index (χ0n) is 8.81. The molecule has 0 aliphatic heterocycles. The summed E-state index contributed by atoms with van der Waals surface area (Å²) in [5, 5.41) is 2.67. The van der Waals surface area contributed by atoms with Crippen LogP contribution in [0.1, 0.15) is 0 Å². The molecular weight excluding hydrogens is 256 g/mol. The highest BCUT2D eigenvalue weighted by atomic mass is 35.5. The molecule has 1 aromatic carbocycles. The van der Waals surface area contributed by atoms with Crippen molar-refractivity contribution in [1.29, 1.82) is 0 Å². The Morgan fingerprint density at radius 1 is 1.41 bits per heavy atom. The van der Waals surface area contributed by atoms with E-state index in [1.54, 1.807) is 0 Å². The molecule has 5 heteroatoms. The molecule has 0 aliphatic rings. The molecular formula is C12H9ClN2OS. The normalized spacial score (nSPS) is 9.94. The minimum atomic E-state index is -0.227. The molecule has 1 N–H and O–H groups in total. The maximum absolute atomic E-state index is 11.1. The Labute approximate surface area is 108 Å². The van der Waals surface area contributed by atoms with E-state index in [0.29, 0.717) is 4.34 Å². The Balaban J connectivity index is 2.18. The summed E-state index contributed by atoms with van der Waals surface area (Å²) >= 11 is 7.07. The van der Waals surface area contributed by atoms with Crippen molar-refractivity contribution in [2.45, 2.75) is 0 Å². The first-order valence-electron chi connectivity index (χ1n) is 4.85. The van der Waals surface area contributed by atoms with Gasteiger partial charge in [0.2, 0.25) is 5.91 Å². The molecule has 0 unspecified atom stereocenters. The number of benzene rings is 1. The molecule has 3 nitrogen and oxygen atoms in total. The van der Waals surface area contributed by atoms with Gasteiger partial charge in [-0.05, 0) is 35.8 Å². The second-order valence-electron chi connectivity index (χ2n) is 3.29. The summed E-state index contributed by atoms with van der Waals surface area (Å²) in [5.74, 6) is -0.227. The molecule has 0 fully saturated rings. The van der Waals surface area contributed by atoms with E-state index in [2.05, 4.69) is 16.3 Å². The van der Waals surface area contributed by atoms with Crippen LogP contribution in [0.25, 0.3) is 11.3 Å². The van der Waals surface area contributed by atoms with Crippen LogP contribution in [0.15, 0.2) is 43.0 Å². The molecule has 1 amide bonds. The Morgan fingerprint density at radius 2 is 2.12 bits per heavy atom. The number of nitrogens with one attached hydrogen (secondary N) is 1. The summed E-state index contributed by atoms with van der Waals surface area (Å²) < 4.78 is 4.86. The summed E-state index contributed by atoms with van der Waals surface area (Å²) in [6.07, 6.45) is 1.23. The van der Waals surface area contributed by atoms with Crippen molar-refractivity contribution < 1.29 is 4.79 Å². The van der Waals surface area contributed by atoms with E-state index >= 15 is 0 Å². The molecule has 0 saturated carbocycles. The molecule has 1 aromatic heterocycles. The summed E-state index contributed by atoms with van der Waals surface area (Å²) in [5.41, 5.74) is 2.52. The Kier molecular flexibility index (Phi) is 3.56. The third kappa shape index (κ3) is 2.93. The molecule has 17 heavy (non-hydrogen) atoms. The maximum Gasteiger partial charge on any atom is 0.247 e.